The lowest BCUT2D eigenvalue weighted by Gasteiger charge is -2.26. The second kappa shape index (κ2) is 7.97. The fraction of sp³-hybridized carbons (Fsp3) is 0.571. The van der Waals surface area contributed by atoms with Gasteiger partial charge in [-0.2, -0.15) is 0 Å². The average molecular weight is 478 g/mol. The molecular formula is C14H18F2I2. The first-order valence-corrected chi connectivity index (χ1v) is 12.5. The highest BCUT2D eigenvalue weighted by Crippen LogP contribution is 2.37. The molecule has 1 aliphatic rings. The second-order valence-corrected chi connectivity index (χ2v) is 5.06. The van der Waals surface area contributed by atoms with Gasteiger partial charge in [0.15, 0.2) is 11.6 Å². The van der Waals surface area contributed by atoms with Gasteiger partial charge in [0.25, 0.3) is 0 Å². The third kappa shape index (κ3) is 4.02. The van der Waals surface area contributed by atoms with Gasteiger partial charge in [0, 0.05) is 37.2 Å². The van der Waals surface area contributed by atoms with Crippen molar-refractivity contribution in [3.8, 4) is 0 Å². The summed E-state index contributed by atoms with van der Waals surface area (Å²) in [6.07, 6.45) is 4.22. The van der Waals surface area contributed by atoms with Crippen LogP contribution in [-0.4, -0.2) is 0 Å². The zero-order valence-corrected chi connectivity index (χ0v) is 15.0. The molecule has 1 saturated carbocycles. The maximum Gasteiger partial charge on any atom is 0.162 e. The lowest BCUT2D eigenvalue weighted by atomic mass is 9.79. The van der Waals surface area contributed by atoms with Gasteiger partial charge in [-0.25, -0.2) is 8.78 Å². The Hall–Kier alpha value is 0.540. The Bertz CT molecular complexity index is 386. The Balaban J connectivity index is 0.000000771. The van der Waals surface area contributed by atoms with Gasteiger partial charge in [0.2, 0.25) is 0 Å². The van der Waals surface area contributed by atoms with Crippen LogP contribution in [0.15, 0.2) is 12.1 Å². The van der Waals surface area contributed by atoms with Crippen LogP contribution in [0.3, 0.4) is 0 Å². The summed E-state index contributed by atoms with van der Waals surface area (Å²) in [7, 11) is 0. The molecule has 0 heterocycles. The van der Waals surface area contributed by atoms with E-state index in [2.05, 4.69) is 44.2 Å². The van der Waals surface area contributed by atoms with Crippen molar-refractivity contribution in [1.29, 1.82) is 0 Å². The molecule has 0 spiro atoms. The van der Waals surface area contributed by atoms with E-state index in [1.165, 1.54) is 0 Å². The number of hydrogen-bond donors (Lipinski definition) is 0. The molecule has 0 aromatic heterocycles. The zero-order valence-electron chi connectivity index (χ0n) is 10.6. The van der Waals surface area contributed by atoms with Crippen LogP contribution in [0.1, 0.15) is 49.7 Å². The minimum atomic E-state index is -0.670. The van der Waals surface area contributed by atoms with Crippen molar-refractivity contribution in [2.24, 2.45) is 5.92 Å². The lowest BCUT2D eigenvalue weighted by Crippen LogP contribution is -2.13. The Kier molecular flexibility index (Phi) is 7.35. The maximum absolute atomic E-state index is 13.8. The molecule has 0 bridgehead atoms. The maximum atomic E-state index is 13.8. The van der Waals surface area contributed by atoms with Crippen LogP contribution in [0.4, 0.5) is 8.78 Å². The minimum Gasteiger partial charge on any atom is -0.203 e. The molecule has 0 N–H and O–H groups in total. The van der Waals surface area contributed by atoms with Crippen LogP contribution in [-0.2, 0) is 0 Å². The first kappa shape index (κ1) is 16.6. The third-order valence-corrected chi connectivity index (χ3v) is 3.76. The van der Waals surface area contributed by atoms with Crippen molar-refractivity contribution >= 4 is 37.2 Å². The van der Waals surface area contributed by atoms with E-state index in [-0.39, 0.29) is 5.92 Å². The molecule has 0 aliphatic heterocycles. The van der Waals surface area contributed by atoms with E-state index in [9.17, 15) is 8.78 Å². The smallest absolute Gasteiger partial charge is 0.162 e. The summed E-state index contributed by atoms with van der Waals surface area (Å²) in [6, 6.07) is 3.44. The van der Waals surface area contributed by atoms with Gasteiger partial charge in [0.05, 0.1) is 0 Å². The van der Waals surface area contributed by atoms with E-state index in [0.29, 0.717) is 11.1 Å². The van der Waals surface area contributed by atoms with Crippen molar-refractivity contribution in [2.75, 3.05) is 0 Å². The Morgan fingerprint density at radius 2 is 1.56 bits per heavy atom. The summed E-state index contributed by atoms with van der Waals surface area (Å²) >= 11 is 4.24. The minimum absolute atomic E-state index is 0.214. The molecule has 1 fully saturated rings. The van der Waals surface area contributed by atoms with Crippen LogP contribution in [0.2, 0.25) is 0 Å². The van der Waals surface area contributed by atoms with Gasteiger partial charge in [-0.05, 0) is 42.7 Å². The third-order valence-electron chi connectivity index (χ3n) is 3.76. The van der Waals surface area contributed by atoms with E-state index in [0.717, 1.165) is 31.6 Å². The monoisotopic (exact) mass is 478 g/mol. The van der Waals surface area contributed by atoms with E-state index in [4.69, 9.17) is 0 Å². The fourth-order valence-electron chi connectivity index (χ4n) is 2.55. The van der Waals surface area contributed by atoms with E-state index in [1.54, 1.807) is 19.1 Å². The highest BCUT2D eigenvalue weighted by Gasteiger charge is 2.23. The molecule has 1 aliphatic carbocycles. The fourth-order valence-corrected chi connectivity index (χ4v) is 2.55. The largest absolute Gasteiger partial charge is 0.203 e. The number of benzene rings is 1. The highest BCUT2D eigenvalue weighted by molar-refractivity contribution is 15.0. The first-order valence-electron chi connectivity index (χ1n) is 6.18. The highest BCUT2D eigenvalue weighted by atomic mass is 128. The van der Waals surface area contributed by atoms with Crippen molar-refractivity contribution in [2.45, 2.75) is 45.4 Å². The Morgan fingerprint density at radius 1 is 1.00 bits per heavy atom. The molecule has 4 heteroatoms. The van der Waals surface area contributed by atoms with Crippen molar-refractivity contribution in [1.82, 2.24) is 0 Å². The first-order chi connectivity index (χ1) is 8.59. The molecule has 0 amide bonds. The van der Waals surface area contributed by atoms with Crippen LogP contribution < -0.4 is 0 Å². The molecule has 0 radical (unpaired) electrons. The molecule has 1 aromatic rings. The molecular weight excluding hydrogens is 460 g/mol. The zero-order chi connectivity index (χ0) is 13.7. The topological polar surface area (TPSA) is 0 Å². The van der Waals surface area contributed by atoms with Crippen LogP contribution in [0.25, 0.3) is 0 Å². The van der Waals surface area contributed by atoms with Gasteiger partial charge >= 0.3 is 0 Å². The molecule has 0 atom stereocenters. The van der Waals surface area contributed by atoms with Crippen LogP contribution in [0.5, 0.6) is 0 Å². The van der Waals surface area contributed by atoms with Gasteiger partial charge in [-0.3, -0.25) is 0 Å². The number of aryl methyl sites for hydroxylation is 1. The number of rotatable bonds is 1. The Labute approximate surface area is 131 Å². The van der Waals surface area contributed by atoms with E-state index >= 15 is 0 Å². The quantitative estimate of drug-likeness (QED) is 0.414. The molecule has 18 heavy (non-hydrogen) atoms. The summed E-state index contributed by atoms with van der Waals surface area (Å²) in [5, 5.41) is 0. The van der Waals surface area contributed by atoms with Crippen LogP contribution in [0, 0.1) is 24.5 Å². The molecule has 0 unspecified atom stereocenters. The average Bonchev–Trinajstić information content (AvgIpc) is 2.40. The normalized spacial score (nSPS) is 23.2. The van der Waals surface area contributed by atoms with Gasteiger partial charge in [0.1, 0.15) is 0 Å². The van der Waals surface area contributed by atoms with Gasteiger partial charge in [-0.1, -0.05) is 31.9 Å². The summed E-state index contributed by atoms with van der Waals surface area (Å²) in [6.45, 7) is 3.83. The molecule has 0 nitrogen and oxygen atoms in total. The lowest BCUT2D eigenvalue weighted by molar-refractivity contribution is 0.339. The summed E-state index contributed by atoms with van der Waals surface area (Å²) in [5.74, 6) is -0.350. The molecule has 102 valence electrons. The molecule has 0 saturated heterocycles. The molecule has 1 aromatic carbocycles. The predicted octanol–water partition coefficient (Wildman–Crippen LogP) is 6.34. The van der Waals surface area contributed by atoms with E-state index < -0.39 is 11.6 Å². The van der Waals surface area contributed by atoms with Crippen molar-refractivity contribution in [3.05, 3.63) is 34.9 Å². The summed E-state index contributed by atoms with van der Waals surface area (Å²) in [5.41, 5.74) is 0.973. The van der Waals surface area contributed by atoms with Crippen LogP contribution >= 0.6 is 37.2 Å². The Morgan fingerprint density at radius 3 is 2.11 bits per heavy atom. The number of halogens is 4. The summed E-state index contributed by atoms with van der Waals surface area (Å²) in [4.78, 5) is 0. The van der Waals surface area contributed by atoms with Gasteiger partial charge < -0.3 is 0 Å². The predicted molar refractivity (Wildman–Crippen MR) is 89.5 cm³/mol. The summed E-state index contributed by atoms with van der Waals surface area (Å²) < 4.78 is 27.2. The van der Waals surface area contributed by atoms with Crippen molar-refractivity contribution in [3.63, 3.8) is 0 Å². The second-order valence-electron chi connectivity index (χ2n) is 5.06. The van der Waals surface area contributed by atoms with Crippen molar-refractivity contribution < 1.29 is 8.78 Å². The van der Waals surface area contributed by atoms with E-state index in [1.807, 2.05) is 0 Å². The standard InChI is InChI=1S/C14H18F2.I2/c1-9-3-6-11(7-4-9)12-8-5-10(2)13(15)14(12)16;1-2/h5,8-9,11H,3-4,6-7H2,1-2H3;. The number of hydrogen-bond acceptors (Lipinski definition) is 0. The van der Waals surface area contributed by atoms with Gasteiger partial charge in [-0.15, -0.1) is 0 Å². The molecule has 2 rings (SSSR count). The SMILES string of the molecule is Cc1ccc(C2CCC(C)CC2)c(F)c1F.II.